The van der Waals surface area contributed by atoms with Gasteiger partial charge in [-0.25, -0.2) is 4.39 Å². The molecule has 0 saturated carbocycles. The summed E-state index contributed by atoms with van der Waals surface area (Å²) in [5.41, 5.74) is 3.13. The van der Waals surface area contributed by atoms with Crippen molar-refractivity contribution in [2.45, 2.75) is 13.0 Å². The molecule has 6 nitrogen and oxygen atoms in total. The van der Waals surface area contributed by atoms with E-state index in [1.807, 2.05) is 36.1 Å². The van der Waals surface area contributed by atoms with Crippen LogP contribution in [0.5, 0.6) is 0 Å². The Morgan fingerprint density at radius 1 is 1.26 bits per heavy atom. The number of allylic oxidation sites excluding steroid dienone is 1. The van der Waals surface area contributed by atoms with Crippen LogP contribution in [0.15, 0.2) is 58.8 Å². The van der Waals surface area contributed by atoms with Crippen LogP contribution in [-0.2, 0) is 4.74 Å². The average Bonchev–Trinajstić information content (AvgIpc) is 3.23. The molecule has 1 aliphatic rings. The summed E-state index contributed by atoms with van der Waals surface area (Å²) in [4.78, 5) is 6.50. The van der Waals surface area contributed by atoms with Gasteiger partial charge in [0.25, 0.3) is 5.89 Å². The van der Waals surface area contributed by atoms with Crippen LogP contribution in [0.25, 0.3) is 17.0 Å². The average molecular weight is 459 g/mol. The molecule has 2 heterocycles. The molecule has 1 N–H and O–H groups in total. The van der Waals surface area contributed by atoms with E-state index in [1.165, 1.54) is 12.1 Å². The van der Waals surface area contributed by atoms with E-state index in [2.05, 4.69) is 15.5 Å². The van der Waals surface area contributed by atoms with Gasteiger partial charge in [0.1, 0.15) is 5.82 Å². The topological polar surface area (TPSA) is 63.4 Å². The van der Waals surface area contributed by atoms with E-state index in [-0.39, 0.29) is 11.9 Å². The lowest BCUT2D eigenvalue weighted by atomic mass is 9.95. The minimum absolute atomic E-state index is 0.307. The monoisotopic (exact) mass is 458 g/mol. The molecule has 9 heteroatoms. The molecule has 1 aromatic heterocycles. The summed E-state index contributed by atoms with van der Waals surface area (Å²) in [7, 11) is 1.64. The van der Waals surface area contributed by atoms with Crippen molar-refractivity contribution in [3.8, 4) is 11.4 Å². The number of methoxy groups -OCH3 is 1. The Bertz CT molecular complexity index is 1130. The number of halogens is 2. The van der Waals surface area contributed by atoms with Gasteiger partial charge in [0.05, 0.1) is 18.2 Å². The number of nitrogens with one attached hydrogen (secondary N) is 1. The Morgan fingerprint density at radius 2 is 2.03 bits per heavy atom. The fourth-order valence-electron chi connectivity index (χ4n) is 3.49. The molecule has 3 aromatic rings. The SMILES string of the molecule is COCCN1C(=S)NC(c2ccc(Cl)cc2)C(c2nc(-c3cccc(F)c3)no2)=C1C. The quantitative estimate of drug-likeness (QED) is 0.530. The molecule has 2 aromatic carbocycles. The summed E-state index contributed by atoms with van der Waals surface area (Å²) >= 11 is 11.7. The first-order chi connectivity index (χ1) is 15.0. The summed E-state index contributed by atoms with van der Waals surface area (Å²) in [5, 5.41) is 8.64. The molecule has 0 fully saturated rings. The Morgan fingerprint density at radius 3 is 2.74 bits per heavy atom. The van der Waals surface area contributed by atoms with Crippen molar-refractivity contribution >= 4 is 34.5 Å². The van der Waals surface area contributed by atoms with Gasteiger partial charge in [0.15, 0.2) is 5.11 Å². The second-order valence-electron chi connectivity index (χ2n) is 7.01. The molecule has 0 bridgehead atoms. The minimum atomic E-state index is -0.367. The minimum Gasteiger partial charge on any atom is -0.383 e. The maximum absolute atomic E-state index is 13.7. The normalized spacial score (nSPS) is 16.6. The Hall–Kier alpha value is -2.81. The highest BCUT2D eigenvalue weighted by atomic mass is 35.5. The van der Waals surface area contributed by atoms with Gasteiger partial charge in [0.2, 0.25) is 5.82 Å². The van der Waals surface area contributed by atoms with Gasteiger partial charge in [-0.05, 0) is 49.0 Å². The number of aromatic nitrogens is 2. The molecule has 160 valence electrons. The first-order valence-corrected chi connectivity index (χ1v) is 10.4. The zero-order chi connectivity index (χ0) is 22.0. The van der Waals surface area contributed by atoms with Crippen LogP contribution in [0.4, 0.5) is 4.39 Å². The van der Waals surface area contributed by atoms with Crippen molar-refractivity contribution in [1.29, 1.82) is 0 Å². The van der Waals surface area contributed by atoms with Crippen molar-refractivity contribution in [3.05, 3.63) is 76.5 Å². The van der Waals surface area contributed by atoms with Gasteiger partial charge in [-0.3, -0.25) is 0 Å². The second kappa shape index (κ2) is 9.13. The van der Waals surface area contributed by atoms with E-state index in [4.69, 9.17) is 33.1 Å². The van der Waals surface area contributed by atoms with Gasteiger partial charge in [-0.1, -0.05) is 41.0 Å². The summed E-state index contributed by atoms with van der Waals surface area (Å²) in [6.07, 6.45) is 0. The zero-order valence-electron chi connectivity index (χ0n) is 16.9. The Labute approximate surface area is 189 Å². The summed E-state index contributed by atoms with van der Waals surface area (Å²) in [6, 6.07) is 13.2. The highest BCUT2D eigenvalue weighted by Gasteiger charge is 2.34. The Kier molecular flexibility index (Phi) is 6.31. The van der Waals surface area contributed by atoms with E-state index in [1.54, 1.807) is 19.2 Å². The predicted molar refractivity (Wildman–Crippen MR) is 121 cm³/mol. The number of thiocarbonyl (C=S) groups is 1. The number of rotatable bonds is 6. The van der Waals surface area contributed by atoms with Crippen LogP contribution in [0.3, 0.4) is 0 Å². The van der Waals surface area contributed by atoms with E-state index in [9.17, 15) is 4.39 Å². The zero-order valence-corrected chi connectivity index (χ0v) is 18.5. The third-order valence-electron chi connectivity index (χ3n) is 5.06. The van der Waals surface area contributed by atoms with Crippen molar-refractivity contribution in [1.82, 2.24) is 20.4 Å². The van der Waals surface area contributed by atoms with Crippen LogP contribution in [0, 0.1) is 5.82 Å². The van der Waals surface area contributed by atoms with Gasteiger partial charge in [-0.15, -0.1) is 0 Å². The van der Waals surface area contributed by atoms with E-state index >= 15 is 0 Å². The maximum atomic E-state index is 13.7. The van der Waals surface area contributed by atoms with Crippen LogP contribution in [0.2, 0.25) is 5.02 Å². The molecular weight excluding hydrogens is 439 g/mol. The first kappa shape index (κ1) is 21.4. The van der Waals surface area contributed by atoms with Crippen LogP contribution in [0.1, 0.15) is 24.4 Å². The fraction of sp³-hybridized carbons (Fsp3) is 0.227. The van der Waals surface area contributed by atoms with E-state index in [0.29, 0.717) is 40.6 Å². The molecule has 1 atom stereocenters. The molecule has 0 spiro atoms. The molecule has 0 amide bonds. The summed E-state index contributed by atoms with van der Waals surface area (Å²) in [5.74, 6) is 0.268. The lowest BCUT2D eigenvalue weighted by Crippen LogP contribution is -2.47. The van der Waals surface area contributed by atoms with Gasteiger partial charge in [-0.2, -0.15) is 4.98 Å². The van der Waals surface area contributed by atoms with Crippen molar-refractivity contribution in [2.75, 3.05) is 20.3 Å². The molecule has 0 saturated heterocycles. The van der Waals surface area contributed by atoms with E-state index in [0.717, 1.165) is 16.8 Å². The molecular formula is C22H20ClFN4O2S. The standard InChI is InChI=1S/C22H20ClFN4O2S/c1-13-18(21-26-20(27-30-21)15-4-3-5-17(24)12-15)19(14-6-8-16(23)9-7-14)25-22(31)28(13)10-11-29-2/h3-9,12,19H,10-11H2,1-2H3,(H,25,31). The molecule has 1 unspecified atom stereocenters. The van der Waals surface area contributed by atoms with Crippen molar-refractivity contribution in [3.63, 3.8) is 0 Å². The number of ether oxygens (including phenoxy) is 1. The smallest absolute Gasteiger partial charge is 0.258 e. The number of hydrogen-bond donors (Lipinski definition) is 1. The number of hydrogen-bond acceptors (Lipinski definition) is 5. The number of nitrogens with zero attached hydrogens (tertiary/aromatic N) is 3. The van der Waals surface area contributed by atoms with Gasteiger partial charge < -0.3 is 19.5 Å². The largest absolute Gasteiger partial charge is 0.383 e. The molecule has 1 aliphatic heterocycles. The molecule has 4 rings (SSSR count). The summed E-state index contributed by atoms with van der Waals surface area (Å²) in [6.45, 7) is 3.01. The van der Waals surface area contributed by atoms with Crippen LogP contribution >= 0.6 is 23.8 Å². The highest BCUT2D eigenvalue weighted by Crippen LogP contribution is 2.37. The highest BCUT2D eigenvalue weighted by molar-refractivity contribution is 7.80. The lowest BCUT2D eigenvalue weighted by Gasteiger charge is -2.37. The molecule has 31 heavy (non-hydrogen) atoms. The third-order valence-corrected chi connectivity index (χ3v) is 5.65. The first-order valence-electron chi connectivity index (χ1n) is 9.61. The van der Waals surface area contributed by atoms with Crippen LogP contribution < -0.4 is 5.32 Å². The third kappa shape index (κ3) is 4.46. The Balaban J connectivity index is 1.80. The second-order valence-corrected chi connectivity index (χ2v) is 7.83. The molecule has 0 radical (unpaired) electrons. The lowest BCUT2D eigenvalue weighted by molar-refractivity contribution is 0.183. The fourth-order valence-corrected chi connectivity index (χ4v) is 3.97. The maximum Gasteiger partial charge on any atom is 0.258 e. The van der Waals surface area contributed by atoms with Crippen LogP contribution in [-0.4, -0.2) is 40.4 Å². The van der Waals surface area contributed by atoms with Crippen molar-refractivity contribution < 1.29 is 13.7 Å². The summed E-state index contributed by atoms with van der Waals surface area (Å²) < 4.78 is 24.5. The van der Waals surface area contributed by atoms with Gasteiger partial charge >= 0.3 is 0 Å². The van der Waals surface area contributed by atoms with Crippen molar-refractivity contribution in [2.24, 2.45) is 0 Å². The predicted octanol–water partition coefficient (Wildman–Crippen LogP) is 4.84. The number of benzene rings is 2. The van der Waals surface area contributed by atoms with Gasteiger partial charge in [0, 0.05) is 29.9 Å². The molecule has 0 aliphatic carbocycles. The van der Waals surface area contributed by atoms with E-state index < -0.39 is 0 Å².